The number of halogens is 2. The number of ether oxygens (including phenoxy) is 1. The molecule has 3 aromatic rings. The Morgan fingerprint density at radius 3 is 2.78 bits per heavy atom. The van der Waals surface area contributed by atoms with Gasteiger partial charge in [0, 0.05) is 23.1 Å². The summed E-state index contributed by atoms with van der Waals surface area (Å²) < 4.78 is 29.6. The Balaban J connectivity index is 1.80. The van der Waals surface area contributed by atoms with Gasteiger partial charge in [-0.15, -0.1) is 0 Å². The molecule has 0 aliphatic heterocycles. The van der Waals surface area contributed by atoms with Gasteiger partial charge in [-0.1, -0.05) is 23.9 Å². The van der Waals surface area contributed by atoms with Gasteiger partial charge in [0.25, 0.3) is 0 Å². The molecule has 1 aromatic carbocycles. The molecular formula is C16H15F2N3OS. The number of fused-ring (bicyclic) bond motifs is 1. The van der Waals surface area contributed by atoms with Crippen LogP contribution in [-0.4, -0.2) is 21.6 Å². The van der Waals surface area contributed by atoms with E-state index >= 15 is 0 Å². The maximum absolute atomic E-state index is 12.5. The van der Waals surface area contributed by atoms with E-state index in [0.717, 1.165) is 16.2 Å². The molecule has 1 N–H and O–H groups in total. The van der Waals surface area contributed by atoms with Gasteiger partial charge in [0.1, 0.15) is 5.75 Å². The number of hydrogen-bond acceptors (Lipinski definition) is 4. The zero-order chi connectivity index (χ0) is 16.4. The third kappa shape index (κ3) is 3.44. The molecule has 0 atom stereocenters. The number of imidazole rings is 1. The Hall–Kier alpha value is -2.15. The summed E-state index contributed by atoms with van der Waals surface area (Å²) >= 11 is 1.47. The molecule has 0 amide bonds. The molecule has 2 heterocycles. The maximum Gasteiger partial charge on any atom is 0.387 e. The fourth-order valence-electron chi connectivity index (χ4n) is 2.31. The second kappa shape index (κ2) is 6.54. The van der Waals surface area contributed by atoms with Gasteiger partial charge >= 0.3 is 6.61 Å². The summed E-state index contributed by atoms with van der Waals surface area (Å²) in [5.41, 5.74) is 3.79. The van der Waals surface area contributed by atoms with Crippen LogP contribution < -0.4 is 4.74 Å². The van der Waals surface area contributed by atoms with Crippen molar-refractivity contribution in [1.29, 1.82) is 0 Å². The van der Waals surface area contributed by atoms with E-state index in [0.29, 0.717) is 22.6 Å². The maximum atomic E-state index is 12.5. The van der Waals surface area contributed by atoms with Gasteiger partial charge in [-0.25, -0.2) is 4.98 Å². The standard InChI is InChI=1S/C16H15F2N3OS/c1-9-7-19-13(10(2)14(9)22-15(17)18)8-23-16-20-11-5-3-4-6-12(11)21-16/h3-7,15H,8H2,1-2H3,(H,20,21). The first kappa shape index (κ1) is 15.7. The smallest absolute Gasteiger partial charge is 0.387 e. The van der Waals surface area contributed by atoms with E-state index in [1.807, 2.05) is 24.3 Å². The number of nitrogens with one attached hydrogen (secondary N) is 1. The highest BCUT2D eigenvalue weighted by Crippen LogP contribution is 2.30. The van der Waals surface area contributed by atoms with E-state index in [1.54, 1.807) is 20.0 Å². The molecule has 0 aliphatic rings. The van der Waals surface area contributed by atoms with E-state index in [-0.39, 0.29) is 5.75 Å². The molecule has 0 radical (unpaired) electrons. The molecular weight excluding hydrogens is 320 g/mol. The van der Waals surface area contributed by atoms with E-state index in [4.69, 9.17) is 0 Å². The topological polar surface area (TPSA) is 50.8 Å². The predicted molar refractivity (Wildman–Crippen MR) is 86.0 cm³/mol. The van der Waals surface area contributed by atoms with Gasteiger partial charge in [0.15, 0.2) is 5.16 Å². The molecule has 2 aromatic heterocycles. The Kier molecular flexibility index (Phi) is 4.47. The monoisotopic (exact) mass is 335 g/mol. The molecule has 0 spiro atoms. The minimum absolute atomic E-state index is 0.204. The number of pyridine rings is 1. The molecule has 120 valence electrons. The number of nitrogens with zero attached hydrogens (tertiary/aromatic N) is 2. The largest absolute Gasteiger partial charge is 0.434 e. The van der Waals surface area contributed by atoms with Crippen molar-refractivity contribution in [2.24, 2.45) is 0 Å². The average molecular weight is 335 g/mol. The average Bonchev–Trinajstić information content (AvgIpc) is 2.93. The first-order valence-corrected chi connectivity index (χ1v) is 8.00. The number of aromatic nitrogens is 3. The highest BCUT2D eigenvalue weighted by molar-refractivity contribution is 7.98. The number of benzene rings is 1. The van der Waals surface area contributed by atoms with Crippen LogP contribution in [0.15, 0.2) is 35.6 Å². The Labute approximate surface area is 136 Å². The zero-order valence-electron chi connectivity index (χ0n) is 12.6. The van der Waals surface area contributed by atoms with Crippen molar-refractivity contribution in [1.82, 2.24) is 15.0 Å². The lowest BCUT2D eigenvalue weighted by Crippen LogP contribution is -2.07. The number of para-hydroxylation sites is 2. The zero-order valence-corrected chi connectivity index (χ0v) is 13.5. The number of rotatable bonds is 5. The molecule has 0 bridgehead atoms. The van der Waals surface area contributed by atoms with Crippen molar-refractivity contribution >= 4 is 22.8 Å². The lowest BCUT2D eigenvalue weighted by atomic mass is 10.1. The van der Waals surface area contributed by atoms with Crippen LogP contribution in [0.25, 0.3) is 11.0 Å². The van der Waals surface area contributed by atoms with E-state index in [2.05, 4.69) is 19.7 Å². The predicted octanol–water partition coefficient (Wildman–Crippen LogP) is 4.47. The van der Waals surface area contributed by atoms with Crippen molar-refractivity contribution in [3.05, 3.63) is 47.3 Å². The second-order valence-corrected chi connectivity index (χ2v) is 6.03. The Morgan fingerprint density at radius 2 is 2.04 bits per heavy atom. The van der Waals surface area contributed by atoms with Crippen molar-refractivity contribution < 1.29 is 13.5 Å². The first-order chi connectivity index (χ1) is 11.0. The molecule has 4 nitrogen and oxygen atoms in total. The molecule has 23 heavy (non-hydrogen) atoms. The van der Waals surface area contributed by atoms with Crippen LogP contribution in [-0.2, 0) is 5.75 Å². The Morgan fingerprint density at radius 1 is 1.26 bits per heavy atom. The van der Waals surface area contributed by atoms with Crippen LogP contribution >= 0.6 is 11.8 Å². The van der Waals surface area contributed by atoms with Crippen molar-refractivity contribution in [2.75, 3.05) is 0 Å². The fourth-order valence-corrected chi connectivity index (χ4v) is 3.22. The molecule has 0 fully saturated rings. The number of H-pyrrole nitrogens is 1. The summed E-state index contributed by atoms with van der Waals surface area (Å²) in [4.78, 5) is 12.0. The number of aryl methyl sites for hydroxylation is 1. The van der Waals surface area contributed by atoms with Crippen molar-refractivity contribution in [2.45, 2.75) is 31.4 Å². The summed E-state index contributed by atoms with van der Waals surface area (Å²) in [5.74, 6) is 0.723. The van der Waals surface area contributed by atoms with Crippen LogP contribution in [0.1, 0.15) is 16.8 Å². The van der Waals surface area contributed by atoms with E-state index < -0.39 is 6.61 Å². The van der Waals surface area contributed by atoms with Gasteiger partial charge in [0.2, 0.25) is 0 Å². The Bertz CT molecular complexity index is 802. The third-order valence-electron chi connectivity index (χ3n) is 3.47. The second-order valence-electron chi connectivity index (χ2n) is 5.07. The first-order valence-electron chi connectivity index (χ1n) is 7.02. The van der Waals surface area contributed by atoms with Gasteiger partial charge in [-0.05, 0) is 26.0 Å². The van der Waals surface area contributed by atoms with Gasteiger partial charge < -0.3 is 9.72 Å². The molecule has 0 saturated heterocycles. The fraction of sp³-hybridized carbons (Fsp3) is 0.250. The summed E-state index contributed by atoms with van der Waals surface area (Å²) in [6.07, 6.45) is 1.55. The highest BCUT2D eigenvalue weighted by atomic mass is 32.2. The van der Waals surface area contributed by atoms with Crippen LogP contribution in [0.5, 0.6) is 5.75 Å². The lowest BCUT2D eigenvalue weighted by Gasteiger charge is -2.13. The summed E-state index contributed by atoms with van der Waals surface area (Å²) in [7, 11) is 0. The van der Waals surface area contributed by atoms with Crippen LogP contribution in [0.4, 0.5) is 8.78 Å². The normalized spacial score (nSPS) is 11.3. The molecule has 0 saturated carbocycles. The van der Waals surface area contributed by atoms with Gasteiger partial charge in [0.05, 0.1) is 16.7 Å². The summed E-state index contributed by atoms with van der Waals surface area (Å²) in [5, 5.41) is 0.768. The highest BCUT2D eigenvalue weighted by Gasteiger charge is 2.15. The molecule has 0 aliphatic carbocycles. The van der Waals surface area contributed by atoms with Crippen molar-refractivity contribution in [3.63, 3.8) is 0 Å². The SMILES string of the molecule is Cc1cnc(CSc2nc3ccccc3[nH]2)c(C)c1OC(F)F. The van der Waals surface area contributed by atoms with E-state index in [1.165, 1.54) is 11.8 Å². The molecule has 7 heteroatoms. The lowest BCUT2D eigenvalue weighted by molar-refractivity contribution is -0.0508. The third-order valence-corrected chi connectivity index (χ3v) is 4.35. The number of hydrogen-bond donors (Lipinski definition) is 1. The summed E-state index contributed by atoms with van der Waals surface area (Å²) in [6.45, 7) is 0.603. The summed E-state index contributed by atoms with van der Waals surface area (Å²) in [6, 6.07) is 7.75. The van der Waals surface area contributed by atoms with Crippen LogP contribution in [0.3, 0.4) is 0 Å². The minimum atomic E-state index is -2.84. The van der Waals surface area contributed by atoms with Gasteiger partial charge in [-0.2, -0.15) is 8.78 Å². The quantitative estimate of drug-likeness (QED) is 0.699. The number of thioether (sulfide) groups is 1. The molecule has 0 unspecified atom stereocenters. The minimum Gasteiger partial charge on any atom is -0.434 e. The number of aromatic amines is 1. The van der Waals surface area contributed by atoms with E-state index in [9.17, 15) is 8.78 Å². The van der Waals surface area contributed by atoms with Crippen molar-refractivity contribution in [3.8, 4) is 5.75 Å². The molecule has 3 rings (SSSR count). The number of alkyl halides is 2. The van der Waals surface area contributed by atoms with Crippen LogP contribution in [0, 0.1) is 13.8 Å². The van der Waals surface area contributed by atoms with Gasteiger partial charge in [-0.3, -0.25) is 4.98 Å². The van der Waals surface area contributed by atoms with Crippen LogP contribution in [0.2, 0.25) is 0 Å².